The van der Waals surface area contributed by atoms with Gasteiger partial charge in [0.2, 0.25) is 0 Å². The van der Waals surface area contributed by atoms with Gasteiger partial charge in [0.15, 0.2) is 0 Å². The lowest BCUT2D eigenvalue weighted by molar-refractivity contribution is -0.149. The highest BCUT2D eigenvalue weighted by molar-refractivity contribution is 8.01. The molecule has 2 rings (SSSR count). The zero-order valence-electron chi connectivity index (χ0n) is 10.8. The number of ether oxygens (including phenoxy) is 1. The maximum absolute atomic E-state index is 12.0. The van der Waals surface area contributed by atoms with Crippen molar-refractivity contribution < 1.29 is 9.53 Å². The minimum Gasteiger partial charge on any atom is -0.468 e. The number of carbonyl (C=O) groups excluding carboxylic acids is 1. The highest BCUT2D eigenvalue weighted by Gasteiger charge is 2.42. The van der Waals surface area contributed by atoms with Gasteiger partial charge in [-0.25, -0.2) is 0 Å². The molecule has 1 N–H and O–H groups in total. The fourth-order valence-electron chi connectivity index (χ4n) is 2.53. The summed E-state index contributed by atoms with van der Waals surface area (Å²) in [6, 6.07) is 4.21. The van der Waals surface area contributed by atoms with Gasteiger partial charge in [-0.2, -0.15) is 0 Å². The molecule has 0 saturated heterocycles. The Morgan fingerprint density at radius 2 is 2.50 bits per heavy atom. The number of thioether (sulfide) groups is 1. The summed E-state index contributed by atoms with van der Waals surface area (Å²) in [6.07, 6.45) is 3.96. The number of methoxy groups -OCH3 is 1. The first-order chi connectivity index (χ1) is 8.70. The average Bonchev–Trinajstić information content (AvgIpc) is 2.90. The number of hydrogen-bond acceptors (Lipinski definition) is 5. The normalized spacial score (nSPS) is 28.0. The number of likely N-dealkylation sites (N-methyl/N-ethyl adjacent to an activating group) is 1. The Balaban J connectivity index is 2.04. The van der Waals surface area contributed by atoms with Crippen LogP contribution in [0.15, 0.2) is 21.7 Å². The predicted octanol–water partition coefficient (Wildman–Crippen LogP) is 2.91. The van der Waals surface area contributed by atoms with Gasteiger partial charge in [-0.1, -0.05) is 6.07 Å². The van der Waals surface area contributed by atoms with Crippen molar-refractivity contribution in [3.63, 3.8) is 0 Å². The molecule has 0 spiro atoms. The fraction of sp³-hybridized carbons (Fsp3) is 0.615. The molecule has 5 heteroatoms. The summed E-state index contributed by atoms with van der Waals surface area (Å²) in [5.41, 5.74) is -0.484. The van der Waals surface area contributed by atoms with Crippen LogP contribution in [-0.4, -0.2) is 30.9 Å². The number of thiophene rings is 1. The monoisotopic (exact) mass is 285 g/mol. The largest absolute Gasteiger partial charge is 0.468 e. The first-order valence-electron chi connectivity index (χ1n) is 6.18. The maximum Gasteiger partial charge on any atom is 0.326 e. The van der Waals surface area contributed by atoms with Crippen molar-refractivity contribution in [3.05, 3.63) is 17.5 Å². The van der Waals surface area contributed by atoms with E-state index in [4.69, 9.17) is 4.74 Å². The zero-order valence-corrected chi connectivity index (χ0v) is 12.4. The van der Waals surface area contributed by atoms with Crippen molar-refractivity contribution >= 4 is 29.1 Å². The number of nitrogens with one attached hydrogen (secondary N) is 1. The topological polar surface area (TPSA) is 38.3 Å². The molecule has 100 valence electrons. The lowest BCUT2D eigenvalue weighted by Gasteiger charge is -2.37. The Morgan fingerprint density at radius 1 is 1.67 bits per heavy atom. The molecule has 2 atom stereocenters. The molecule has 1 aromatic heterocycles. The Labute approximate surface area is 116 Å². The van der Waals surface area contributed by atoms with Crippen LogP contribution in [0.3, 0.4) is 0 Å². The molecular weight excluding hydrogens is 266 g/mol. The standard InChI is InChI=1S/C13H19NO2S2/c1-14-13(12(15)16-2)7-3-5-10(9-13)18-11-6-4-8-17-11/h4,6,8,10,14H,3,5,7,9H2,1-2H3. The van der Waals surface area contributed by atoms with E-state index in [1.165, 1.54) is 17.7 Å². The highest BCUT2D eigenvalue weighted by atomic mass is 32.2. The molecule has 1 fully saturated rings. The van der Waals surface area contributed by atoms with Crippen molar-refractivity contribution in [2.45, 2.75) is 40.7 Å². The van der Waals surface area contributed by atoms with E-state index in [1.807, 2.05) is 18.8 Å². The van der Waals surface area contributed by atoms with Crippen molar-refractivity contribution in [2.75, 3.05) is 14.2 Å². The van der Waals surface area contributed by atoms with Crippen LogP contribution in [0.4, 0.5) is 0 Å². The van der Waals surface area contributed by atoms with Crippen LogP contribution in [0, 0.1) is 0 Å². The van der Waals surface area contributed by atoms with E-state index < -0.39 is 5.54 Å². The average molecular weight is 285 g/mol. The summed E-state index contributed by atoms with van der Waals surface area (Å²) in [6.45, 7) is 0. The molecular formula is C13H19NO2S2. The molecule has 3 nitrogen and oxygen atoms in total. The van der Waals surface area contributed by atoms with Crippen molar-refractivity contribution in [1.82, 2.24) is 5.32 Å². The highest BCUT2D eigenvalue weighted by Crippen LogP contribution is 2.40. The van der Waals surface area contributed by atoms with E-state index in [-0.39, 0.29) is 5.97 Å². The molecule has 1 aliphatic carbocycles. The van der Waals surface area contributed by atoms with Gasteiger partial charge in [0, 0.05) is 5.25 Å². The molecule has 0 radical (unpaired) electrons. The molecule has 18 heavy (non-hydrogen) atoms. The van der Waals surface area contributed by atoms with Crippen molar-refractivity contribution in [3.8, 4) is 0 Å². The lowest BCUT2D eigenvalue weighted by Crippen LogP contribution is -2.54. The Hall–Kier alpha value is -0.520. The predicted molar refractivity (Wildman–Crippen MR) is 76.2 cm³/mol. The van der Waals surface area contributed by atoms with E-state index in [1.54, 1.807) is 11.3 Å². The summed E-state index contributed by atoms with van der Waals surface area (Å²) in [7, 11) is 3.33. The van der Waals surface area contributed by atoms with E-state index in [9.17, 15) is 4.79 Å². The quantitative estimate of drug-likeness (QED) is 0.863. The van der Waals surface area contributed by atoms with Gasteiger partial charge < -0.3 is 10.1 Å². The number of carbonyl (C=O) groups is 1. The van der Waals surface area contributed by atoms with Crippen LogP contribution >= 0.6 is 23.1 Å². The van der Waals surface area contributed by atoms with Crippen LogP contribution in [0.2, 0.25) is 0 Å². The SMILES string of the molecule is CNC1(C(=O)OC)CCCC(Sc2cccs2)C1. The van der Waals surface area contributed by atoms with Gasteiger partial charge in [0.05, 0.1) is 11.3 Å². The van der Waals surface area contributed by atoms with Gasteiger partial charge >= 0.3 is 5.97 Å². The minimum absolute atomic E-state index is 0.124. The second-order valence-corrected chi connectivity index (χ2v) is 7.14. The van der Waals surface area contributed by atoms with Gasteiger partial charge in [-0.05, 0) is 44.2 Å². The Kier molecular flexibility index (Phi) is 4.70. The number of esters is 1. The third-order valence-corrected chi connectivity index (χ3v) is 5.88. The molecule has 1 aliphatic rings. The molecule has 1 saturated carbocycles. The first-order valence-corrected chi connectivity index (χ1v) is 7.93. The smallest absolute Gasteiger partial charge is 0.326 e. The van der Waals surface area contributed by atoms with Crippen LogP contribution in [0.25, 0.3) is 0 Å². The van der Waals surface area contributed by atoms with E-state index in [0.29, 0.717) is 5.25 Å². The molecule has 0 aliphatic heterocycles. The lowest BCUT2D eigenvalue weighted by atomic mass is 9.81. The Bertz CT molecular complexity index is 394. The summed E-state index contributed by atoms with van der Waals surface area (Å²) in [4.78, 5) is 12.0. The van der Waals surface area contributed by atoms with Gasteiger partial charge in [-0.3, -0.25) is 4.79 Å². The second-order valence-electron chi connectivity index (χ2n) is 4.59. The van der Waals surface area contributed by atoms with E-state index in [0.717, 1.165) is 19.3 Å². The second kappa shape index (κ2) is 6.08. The molecule has 1 heterocycles. The molecule has 0 bridgehead atoms. The van der Waals surface area contributed by atoms with Crippen LogP contribution in [0.5, 0.6) is 0 Å². The zero-order chi connectivity index (χ0) is 13.0. The molecule has 1 aromatic rings. The number of hydrogen-bond donors (Lipinski definition) is 1. The molecule has 0 amide bonds. The molecule has 2 unspecified atom stereocenters. The summed E-state index contributed by atoms with van der Waals surface area (Å²) in [5, 5.41) is 5.78. The molecule has 0 aromatic carbocycles. The Morgan fingerprint density at radius 3 is 3.11 bits per heavy atom. The van der Waals surface area contributed by atoms with Crippen LogP contribution < -0.4 is 5.32 Å². The summed E-state index contributed by atoms with van der Waals surface area (Å²) in [5.74, 6) is -0.124. The minimum atomic E-state index is -0.484. The van der Waals surface area contributed by atoms with Crippen LogP contribution in [-0.2, 0) is 9.53 Å². The van der Waals surface area contributed by atoms with Gasteiger partial charge in [-0.15, -0.1) is 23.1 Å². The first kappa shape index (κ1) is 13.9. The third kappa shape index (κ3) is 2.90. The summed E-state index contributed by atoms with van der Waals surface area (Å²) >= 11 is 3.65. The summed E-state index contributed by atoms with van der Waals surface area (Å²) < 4.78 is 6.29. The van der Waals surface area contributed by atoms with Gasteiger partial charge in [0.25, 0.3) is 0 Å². The van der Waals surface area contributed by atoms with Crippen molar-refractivity contribution in [1.29, 1.82) is 0 Å². The van der Waals surface area contributed by atoms with Crippen molar-refractivity contribution in [2.24, 2.45) is 0 Å². The number of rotatable bonds is 4. The maximum atomic E-state index is 12.0. The van der Waals surface area contributed by atoms with E-state index >= 15 is 0 Å². The van der Waals surface area contributed by atoms with Crippen LogP contribution in [0.1, 0.15) is 25.7 Å². The van der Waals surface area contributed by atoms with Gasteiger partial charge in [0.1, 0.15) is 5.54 Å². The third-order valence-electron chi connectivity index (χ3n) is 3.54. The van der Waals surface area contributed by atoms with E-state index in [2.05, 4.69) is 22.8 Å². The fourth-order valence-corrected chi connectivity index (χ4v) is 4.91.